The Labute approximate surface area is 113 Å². The summed E-state index contributed by atoms with van der Waals surface area (Å²) in [6.45, 7) is 2.78. The predicted molar refractivity (Wildman–Crippen MR) is 73.2 cm³/mol. The monoisotopic (exact) mass is 289 g/mol. The van der Waals surface area contributed by atoms with E-state index in [0.29, 0.717) is 43.2 Å². The van der Waals surface area contributed by atoms with Crippen LogP contribution in [0.1, 0.15) is 19.8 Å². The summed E-state index contributed by atoms with van der Waals surface area (Å²) in [5.74, 6) is 0.968. The maximum Gasteiger partial charge on any atom is 0.264 e. The fraction of sp³-hybridized carbons (Fsp3) is 0.500. The molecule has 6 nitrogen and oxygen atoms in total. The first-order chi connectivity index (χ1) is 8.92. The van der Waals surface area contributed by atoms with Crippen LogP contribution in [-0.2, 0) is 10.1 Å². The van der Waals surface area contributed by atoms with E-state index < -0.39 is 10.1 Å². The lowest BCUT2D eigenvalue weighted by Gasteiger charge is -2.10. The normalized spacial score (nSPS) is 11.3. The average molecular weight is 289 g/mol. The topological polar surface area (TPSA) is 98.8 Å². The number of ether oxygens (including phenoxy) is 2. The van der Waals surface area contributed by atoms with Gasteiger partial charge in [-0.25, -0.2) is 0 Å². The molecule has 1 aromatic rings. The van der Waals surface area contributed by atoms with Crippen molar-refractivity contribution in [1.29, 1.82) is 0 Å². The van der Waals surface area contributed by atoms with Gasteiger partial charge in [-0.15, -0.1) is 0 Å². The van der Waals surface area contributed by atoms with E-state index >= 15 is 0 Å². The highest BCUT2D eigenvalue weighted by molar-refractivity contribution is 7.85. The number of unbranched alkanes of at least 4 members (excludes halogenated alkanes) is 1. The van der Waals surface area contributed by atoms with Gasteiger partial charge in [0, 0.05) is 6.07 Å². The van der Waals surface area contributed by atoms with Gasteiger partial charge in [-0.1, -0.05) is 0 Å². The maximum absolute atomic E-state index is 10.5. The molecule has 0 amide bonds. The van der Waals surface area contributed by atoms with Gasteiger partial charge in [-0.3, -0.25) is 4.55 Å². The zero-order valence-electron chi connectivity index (χ0n) is 10.8. The Balaban J connectivity index is 2.36. The summed E-state index contributed by atoms with van der Waals surface area (Å²) in [5.41, 5.74) is 6.28. The van der Waals surface area contributed by atoms with Crippen LogP contribution in [0.4, 0.5) is 5.69 Å². The van der Waals surface area contributed by atoms with E-state index in [1.54, 1.807) is 18.2 Å². The van der Waals surface area contributed by atoms with Gasteiger partial charge in [0.1, 0.15) is 11.5 Å². The van der Waals surface area contributed by atoms with E-state index in [0.717, 1.165) is 0 Å². The quantitative estimate of drug-likeness (QED) is 0.429. The van der Waals surface area contributed by atoms with Crippen molar-refractivity contribution in [3.63, 3.8) is 0 Å². The summed E-state index contributed by atoms with van der Waals surface area (Å²) >= 11 is 0. The van der Waals surface area contributed by atoms with Gasteiger partial charge in [-0.05, 0) is 31.9 Å². The van der Waals surface area contributed by atoms with Crippen molar-refractivity contribution in [2.45, 2.75) is 19.8 Å². The summed E-state index contributed by atoms with van der Waals surface area (Å²) in [5, 5.41) is 0. The summed E-state index contributed by atoms with van der Waals surface area (Å²) in [7, 11) is -3.88. The largest absolute Gasteiger partial charge is 0.494 e. The third-order valence-electron chi connectivity index (χ3n) is 2.35. The molecule has 0 atom stereocenters. The van der Waals surface area contributed by atoms with Crippen LogP contribution in [0.3, 0.4) is 0 Å². The number of nitrogen functional groups attached to an aromatic ring is 1. The van der Waals surface area contributed by atoms with Gasteiger partial charge in [0.25, 0.3) is 10.1 Å². The zero-order chi connectivity index (χ0) is 14.3. The van der Waals surface area contributed by atoms with Gasteiger partial charge in [0.15, 0.2) is 0 Å². The van der Waals surface area contributed by atoms with Gasteiger partial charge in [-0.2, -0.15) is 8.42 Å². The lowest BCUT2D eigenvalue weighted by molar-refractivity contribution is 0.307. The lowest BCUT2D eigenvalue weighted by atomic mass is 10.3. The van der Waals surface area contributed by atoms with E-state index in [2.05, 4.69) is 0 Å². The number of hydrogen-bond acceptors (Lipinski definition) is 5. The van der Waals surface area contributed by atoms with Crippen LogP contribution in [0.2, 0.25) is 0 Å². The Kier molecular flexibility index (Phi) is 5.91. The molecule has 0 fully saturated rings. The average Bonchev–Trinajstić information content (AvgIpc) is 2.31. The molecule has 0 unspecified atom stereocenters. The van der Waals surface area contributed by atoms with Crippen molar-refractivity contribution in [3.05, 3.63) is 18.2 Å². The van der Waals surface area contributed by atoms with Crippen molar-refractivity contribution in [2.75, 3.05) is 24.7 Å². The highest BCUT2D eigenvalue weighted by Gasteiger charge is 2.05. The molecule has 0 saturated carbocycles. The number of anilines is 1. The Morgan fingerprint density at radius 1 is 1.26 bits per heavy atom. The van der Waals surface area contributed by atoms with Crippen LogP contribution >= 0.6 is 0 Å². The molecule has 0 bridgehead atoms. The molecule has 108 valence electrons. The lowest BCUT2D eigenvalue weighted by Crippen LogP contribution is -2.06. The van der Waals surface area contributed by atoms with Crippen LogP contribution in [0.25, 0.3) is 0 Å². The maximum atomic E-state index is 10.5. The van der Waals surface area contributed by atoms with Crippen molar-refractivity contribution < 1.29 is 22.4 Å². The molecule has 0 aliphatic carbocycles. The highest BCUT2D eigenvalue weighted by atomic mass is 32.2. The highest BCUT2D eigenvalue weighted by Crippen LogP contribution is 2.26. The summed E-state index contributed by atoms with van der Waals surface area (Å²) < 4.78 is 40.3. The second-order valence-corrected chi connectivity index (χ2v) is 5.55. The van der Waals surface area contributed by atoms with Crippen LogP contribution < -0.4 is 15.2 Å². The molecule has 0 heterocycles. The second kappa shape index (κ2) is 7.20. The third kappa shape index (κ3) is 6.30. The molecule has 0 spiro atoms. The first-order valence-electron chi connectivity index (χ1n) is 6.02. The number of nitrogens with two attached hydrogens (primary N) is 1. The summed E-state index contributed by atoms with van der Waals surface area (Å²) in [4.78, 5) is 0. The van der Waals surface area contributed by atoms with Crippen LogP contribution in [0.15, 0.2) is 18.2 Å². The minimum absolute atomic E-state index is 0.248. The smallest absolute Gasteiger partial charge is 0.264 e. The van der Waals surface area contributed by atoms with E-state index in [1.165, 1.54) is 0 Å². The van der Waals surface area contributed by atoms with E-state index in [9.17, 15) is 8.42 Å². The third-order valence-corrected chi connectivity index (χ3v) is 3.15. The van der Waals surface area contributed by atoms with Crippen molar-refractivity contribution in [2.24, 2.45) is 0 Å². The van der Waals surface area contributed by atoms with Crippen molar-refractivity contribution in [3.8, 4) is 11.5 Å². The molecule has 0 radical (unpaired) electrons. The molecular formula is C12H19NO5S. The predicted octanol–water partition coefficient (Wildman–Crippen LogP) is 1.71. The summed E-state index contributed by atoms with van der Waals surface area (Å²) in [6.07, 6.45) is 0.887. The first kappa shape index (κ1) is 15.6. The standard InChI is InChI=1S/C12H19NO5S/c1-2-17-12-6-5-10(9-11(12)13)18-7-3-4-8-19(14,15)16/h5-6,9H,2-4,7-8,13H2,1H3,(H,14,15,16). The first-order valence-corrected chi connectivity index (χ1v) is 7.63. The fourth-order valence-corrected chi connectivity index (χ4v) is 2.05. The summed E-state index contributed by atoms with van der Waals surface area (Å²) in [6, 6.07) is 5.13. The minimum atomic E-state index is -3.88. The van der Waals surface area contributed by atoms with Gasteiger partial charge in [0.2, 0.25) is 0 Å². The zero-order valence-corrected chi connectivity index (χ0v) is 11.6. The van der Waals surface area contributed by atoms with Crippen LogP contribution in [0, 0.1) is 0 Å². The minimum Gasteiger partial charge on any atom is -0.494 e. The SMILES string of the molecule is CCOc1ccc(OCCCCS(=O)(=O)O)cc1N. The van der Waals surface area contributed by atoms with Crippen LogP contribution in [-0.4, -0.2) is 31.9 Å². The Hall–Kier alpha value is -1.47. The molecule has 0 aliphatic rings. The van der Waals surface area contributed by atoms with E-state index in [-0.39, 0.29) is 5.75 Å². The Morgan fingerprint density at radius 2 is 2.00 bits per heavy atom. The van der Waals surface area contributed by atoms with Crippen molar-refractivity contribution in [1.82, 2.24) is 0 Å². The van der Waals surface area contributed by atoms with Gasteiger partial charge in [0.05, 0.1) is 24.7 Å². The number of rotatable bonds is 8. The molecular weight excluding hydrogens is 270 g/mol. The molecule has 1 aromatic carbocycles. The van der Waals surface area contributed by atoms with E-state index in [4.69, 9.17) is 19.8 Å². The molecule has 0 aliphatic heterocycles. The molecule has 0 saturated heterocycles. The molecule has 1 rings (SSSR count). The molecule has 7 heteroatoms. The Morgan fingerprint density at radius 3 is 2.58 bits per heavy atom. The van der Waals surface area contributed by atoms with Gasteiger partial charge < -0.3 is 15.2 Å². The van der Waals surface area contributed by atoms with E-state index in [1.807, 2.05) is 6.92 Å². The van der Waals surface area contributed by atoms with Gasteiger partial charge >= 0.3 is 0 Å². The fourth-order valence-electron chi connectivity index (χ4n) is 1.48. The molecule has 19 heavy (non-hydrogen) atoms. The second-order valence-electron chi connectivity index (χ2n) is 3.97. The molecule has 0 aromatic heterocycles. The number of hydrogen-bond donors (Lipinski definition) is 2. The Bertz CT molecular complexity index is 501. The molecule has 3 N–H and O–H groups in total. The van der Waals surface area contributed by atoms with Crippen LogP contribution in [0.5, 0.6) is 11.5 Å². The van der Waals surface area contributed by atoms with Crippen molar-refractivity contribution >= 4 is 15.8 Å². The number of benzene rings is 1.